The van der Waals surface area contributed by atoms with Crippen LogP contribution in [-0.2, 0) is 7.05 Å². The molecule has 8 heteroatoms. The highest BCUT2D eigenvalue weighted by molar-refractivity contribution is 4.97. The molecule has 0 fully saturated rings. The topological polar surface area (TPSA) is 87.2 Å². The maximum absolute atomic E-state index is 3.87. The minimum absolute atomic E-state index is 0.359. The van der Waals surface area contributed by atoms with Crippen LogP contribution in [0.15, 0.2) is 6.33 Å². The summed E-state index contributed by atoms with van der Waals surface area (Å²) in [5, 5.41) is 21.6. The lowest BCUT2D eigenvalue weighted by Crippen LogP contribution is -1.98. The number of aryl methyl sites for hydroxylation is 1. The van der Waals surface area contributed by atoms with Crippen LogP contribution in [0.5, 0.6) is 0 Å². The summed E-state index contributed by atoms with van der Waals surface area (Å²) >= 11 is 0. The molecule has 0 bridgehead atoms. The van der Waals surface area contributed by atoms with Gasteiger partial charge in [0.25, 0.3) is 5.95 Å². The van der Waals surface area contributed by atoms with Gasteiger partial charge in [0.05, 0.1) is 7.05 Å². The van der Waals surface area contributed by atoms with Crippen LogP contribution in [0, 0.1) is 0 Å². The highest BCUT2D eigenvalue weighted by Crippen LogP contribution is 1.89. The number of hydrogen-bond acceptors (Lipinski definition) is 6. The number of tetrazole rings is 2. The molecule has 8 nitrogen and oxygen atoms in total. The van der Waals surface area contributed by atoms with Crippen molar-refractivity contribution >= 4 is 0 Å². The van der Waals surface area contributed by atoms with E-state index in [2.05, 4.69) is 30.9 Å². The Labute approximate surface area is 60.8 Å². The van der Waals surface area contributed by atoms with E-state index < -0.39 is 0 Å². The van der Waals surface area contributed by atoms with Crippen molar-refractivity contribution in [2.24, 2.45) is 7.05 Å². The van der Waals surface area contributed by atoms with Gasteiger partial charge in [0.2, 0.25) is 0 Å². The van der Waals surface area contributed by atoms with Gasteiger partial charge in [-0.15, -0.1) is 10.2 Å². The molecule has 0 spiro atoms. The molecule has 0 N–H and O–H groups in total. The maximum atomic E-state index is 3.87. The molecule has 0 aromatic carbocycles. The van der Waals surface area contributed by atoms with Crippen LogP contribution in [0.2, 0.25) is 0 Å². The molecule has 2 aromatic heterocycles. The maximum Gasteiger partial charge on any atom is 0.293 e. The lowest BCUT2D eigenvalue weighted by molar-refractivity contribution is 0.626. The smallest absolute Gasteiger partial charge is 0.165 e. The molecule has 2 heterocycles. The summed E-state index contributed by atoms with van der Waals surface area (Å²) in [6.07, 6.45) is 1.40. The first kappa shape index (κ1) is 5.89. The molecule has 56 valence electrons. The number of rotatable bonds is 1. The summed E-state index contributed by atoms with van der Waals surface area (Å²) in [5.41, 5.74) is 0. The average Bonchev–Trinajstić information content (AvgIpc) is 2.55. The molecule has 0 saturated carbocycles. The van der Waals surface area contributed by atoms with Gasteiger partial charge in [0.15, 0.2) is 0 Å². The van der Waals surface area contributed by atoms with Crippen LogP contribution in [-0.4, -0.2) is 40.4 Å². The van der Waals surface area contributed by atoms with E-state index in [0.29, 0.717) is 5.95 Å². The van der Waals surface area contributed by atoms with Crippen LogP contribution in [0.25, 0.3) is 5.95 Å². The van der Waals surface area contributed by atoms with Gasteiger partial charge < -0.3 is 0 Å². The Morgan fingerprint density at radius 1 is 1.36 bits per heavy atom. The lowest BCUT2D eigenvalue weighted by Gasteiger charge is -1.84. The highest BCUT2D eigenvalue weighted by Gasteiger charge is 2.02. The Balaban J connectivity index is 2.45. The Morgan fingerprint density at radius 3 is 2.82 bits per heavy atom. The zero-order chi connectivity index (χ0) is 7.68. The van der Waals surface area contributed by atoms with E-state index in [0.717, 1.165) is 0 Å². The van der Waals surface area contributed by atoms with Crippen LogP contribution < -0.4 is 0 Å². The summed E-state index contributed by atoms with van der Waals surface area (Å²) < 4.78 is 1.33. The molecule has 0 aliphatic carbocycles. The van der Waals surface area contributed by atoms with Gasteiger partial charge in [0, 0.05) is 0 Å². The van der Waals surface area contributed by atoms with Crippen molar-refractivity contribution in [3.63, 3.8) is 0 Å². The monoisotopic (exact) mass is 152 g/mol. The Morgan fingerprint density at radius 2 is 2.27 bits per heavy atom. The predicted molar refractivity (Wildman–Crippen MR) is 31.5 cm³/mol. The second kappa shape index (κ2) is 2.08. The fourth-order valence-corrected chi connectivity index (χ4v) is 0.619. The second-order valence-corrected chi connectivity index (χ2v) is 1.83. The van der Waals surface area contributed by atoms with E-state index in [9.17, 15) is 0 Å². The van der Waals surface area contributed by atoms with Gasteiger partial charge in [-0.05, 0) is 15.6 Å². The standard InChI is InChI=1S/C3H4N8/c1-10-6-3(5-8-10)11-2-4-7-9-11/h2H,1H3. The lowest BCUT2D eigenvalue weighted by atomic mass is 11.0. The van der Waals surface area contributed by atoms with E-state index >= 15 is 0 Å². The number of hydrogen-bond donors (Lipinski definition) is 0. The summed E-state index contributed by atoms with van der Waals surface area (Å²) in [7, 11) is 1.67. The quantitative estimate of drug-likeness (QED) is 0.478. The third kappa shape index (κ3) is 0.933. The summed E-state index contributed by atoms with van der Waals surface area (Å²) in [6.45, 7) is 0. The van der Waals surface area contributed by atoms with Gasteiger partial charge in [-0.2, -0.15) is 9.48 Å². The molecule has 0 radical (unpaired) electrons. The van der Waals surface area contributed by atoms with Crippen LogP contribution in [0.4, 0.5) is 0 Å². The predicted octanol–water partition coefficient (Wildman–Crippen LogP) is -1.81. The summed E-state index contributed by atoms with van der Waals surface area (Å²) in [6, 6.07) is 0. The first-order chi connectivity index (χ1) is 5.36. The van der Waals surface area contributed by atoms with Crippen LogP contribution in [0.3, 0.4) is 0 Å². The van der Waals surface area contributed by atoms with Gasteiger partial charge in [-0.1, -0.05) is 5.10 Å². The molecule has 0 atom stereocenters. The van der Waals surface area contributed by atoms with E-state index in [1.54, 1.807) is 7.05 Å². The highest BCUT2D eigenvalue weighted by atomic mass is 15.6. The van der Waals surface area contributed by atoms with Gasteiger partial charge in [-0.25, -0.2) is 0 Å². The van der Waals surface area contributed by atoms with Crippen molar-refractivity contribution in [3.05, 3.63) is 6.33 Å². The number of nitrogens with zero attached hydrogens (tertiary/aromatic N) is 8. The molecular formula is C3H4N8. The molecule has 0 amide bonds. The second-order valence-electron chi connectivity index (χ2n) is 1.83. The van der Waals surface area contributed by atoms with Crippen molar-refractivity contribution in [1.82, 2.24) is 40.4 Å². The molecular weight excluding hydrogens is 148 g/mol. The zero-order valence-corrected chi connectivity index (χ0v) is 5.66. The van der Waals surface area contributed by atoms with Crippen molar-refractivity contribution in [3.8, 4) is 5.95 Å². The normalized spacial score (nSPS) is 10.3. The van der Waals surface area contributed by atoms with E-state index in [1.165, 1.54) is 15.8 Å². The molecule has 0 aliphatic rings. The molecule has 2 aromatic rings. The van der Waals surface area contributed by atoms with Crippen molar-refractivity contribution in [2.45, 2.75) is 0 Å². The molecule has 0 saturated heterocycles. The third-order valence-electron chi connectivity index (χ3n) is 1.05. The molecule has 0 aliphatic heterocycles. The third-order valence-corrected chi connectivity index (χ3v) is 1.05. The zero-order valence-electron chi connectivity index (χ0n) is 5.66. The molecule has 11 heavy (non-hydrogen) atoms. The van der Waals surface area contributed by atoms with E-state index in [1.807, 2.05) is 0 Å². The Hall–Kier alpha value is -1.86. The molecule has 0 unspecified atom stereocenters. The fraction of sp³-hybridized carbons (Fsp3) is 0.333. The Bertz CT molecular complexity index is 332. The average molecular weight is 152 g/mol. The minimum Gasteiger partial charge on any atom is -0.165 e. The van der Waals surface area contributed by atoms with Gasteiger partial charge >= 0.3 is 0 Å². The fourth-order valence-electron chi connectivity index (χ4n) is 0.619. The van der Waals surface area contributed by atoms with Crippen LogP contribution in [0.1, 0.15) is 0 Å². The SMILES string of the molecule is Cn1nnc(-n2cnnn2)n1. The number of aromatic nitrogens is 8. The molecule has 2 rings (SSSR count). The largest absolute Gasteiger partial charge is 0.293 e. The van der Waals surface area contributed by atoms with Gasteiger partial charge in [0.1, 0.15) is 6.33 Å². The van der Waals surface area contributed by atoms with E-state index in [4.69, 9.17) is 0 Å². The van der Waals surface area contributed by atoms with Crippen molar-refractivity contribution < 1.29 is 0 Å². The van der Waals surface area contributed by atoms with Crippen molar-refractivity contribution in [2.75, 3.05) is 0 Å². The summed E-state index contributed by atoms with van der Waals surface area (Å²) in [5.74, 6) is 0.359. The van der Waals surface area contributed by atoms with E-state index in [-0.39, 0.29) is 0 Å². The Kier molecular flexibility index (Phi) is 1.11. The van der Waals surface area contributed by atoms with Gasteiger partial charge in [-0.3, -0.25) is 0 Å². The van der Waals surface area contributed by atoms with Crippen molar-refractivity contribution in [1.29, 1.82) is 0 Å². The first-order valence-electron chi connectivity index (χ1n) is 2.83. The van der Waals surface area contributed by atoms with Crippen LogP contribution >= 0.6 is 0 Å². The first-order valence-corrected chi connectivity index (χ1v) is 2.83. The summed E-state index contributed by atoms with van der Waals surface area (Å²) in [4.78, 5) is 1.33. The minimum atomic E-state index is 0.359.